The molecule has 2 aliphatic rings. The smallest absolute Gasteiger partial charge is 0.226 e. The van der Waals surface area contributed by atoms with E-state index in [1.165, 1.54) is 12.8 Å². The predicted octanol–water partition coefficient (Wildman–Crippen LogP) is 2.07. The highest BCUT2D eigenvalue weighted by atomic mass is 16.2. The first-order valence-electron chi connectivity index (χ1n) is 7.23. The van der Waals surface area contributed by atoms with Gasteiger partial charge in [-0.05, 0) is 44.7 Å². The third-order valence-corrected chi connectivity index (χ3v) is 4.53. The van der Waals surface area contributed by atoms with E-state index in [-0.39, 0.29) is 5.41 Å². The molecule has 0 aromatic heterocycles. The lowest BCUT2D eigenvalue weighted by atomic mass is 9.74. The van der Waals surface area contributed by atoms with Gasteiger partial charge < -0.3 is 10.6 Å². The first-order chi connectivity index (χ1) is 8.22. The standard InChI is InChI=1S/C14H26N2O/c1-3-5-14(6-8-15-9-7-14)13(17)16-12-10-11(12)4-2/h11-12,15H,3-10H2,1-2H3,(H,16,17). The van der Waals surface area contributed by atoms with Crippen molar-refractivity contribution in [3.05, 3.63) is 0 Å². The SMILES string of the molecule is CCCC1(C(=O)NC2CC2CC)CCNCC1. The van der Waals surface area contributed by atoms with Gasteiger partial charge in [0.2, 0.25) is 5.91 Å². The molecule has 98 valence electrons. The quantitative estimate of drug-likeness (QED) is 0.770. The van der Waals surface area contributed by atoms with Crippen molar-refractivity contribution < 1.29 is 4.79 Å². The number of carbonyl (C=O) groups excluding carboxylic acids is 1. The first-order valence-corrected chi connectivity index (χ1v) is 7.23. The number of hydrogen-bond donors (Lipinski definition) is 2. The number of rotatable bonds is 5. The van der Waals surface area contributed by atoms with E-state index in [4.69, 9.17) is 0 Å². The van der Waals surface area contributed by atoms with Crippen molar-refractivity contribution in [2.24, 2.45) is 11.3 Å². The van der Waals surface area contributed by atoms with Gasteiger partial charge in [0.15, 0.2) is 0 Å². The van der Waals surface area contributed by atoms with Gasteiger partial charge in [-0.2, -0.15) is 0 Å². The molecule has 0 bridgehead atoms. The molecule has 1 saturated heterocycles. The Bertz CT molecular complexity index is 266. The molecule has 1 saturated carbocycles. The molecular weight excluding hydrogens is 212 g/mol. The van der Waals surface area contributed by atoms with Gasteiger partial charge in [0.25, 0.3) is 0 Å². The summed E-state index contributed by atoms with van der Waals surface area (Å²) >= 11 is 0. The van der Waals surface area contributed by atoms with E-state index in [1.807, 2.05) is 0 Å². The van der Waals surface area contributed by atoms with Crippen LogP contribution in [0, 0.1) is 11.3 Å². The summed E-state index contributed by atoms with van der Waals surface area (Å²) in [5.41, 5.74) is -0.0686. The van der Waals surface area contributed by atoms with E-state index in [9.17, 15) is 4.79 Å². The minimum Gasteiger partial charge on any atom is -0.353 e. The van der Waals surface area contributed by atoms with Crippen molar-refractivity contribution in [1.29, 1.82) is 0 Å². The topological polar surface area (TPSA) is 41.1 Å². The minimum absolute atomic E-state index is 0.0686. The number of amides is 1. The lowest BCUT2D eigenvalue weighted by molar-refractivity contribution is -0.133. The second-order valence-corrected chi connectivity index (χ2v) is 5.76. The molecule has 1 aliphatic heterocycles. The molecule has 0 aromatic carbocycles. The molecular formula is C14H26N2O. The van der Waals surface area contributed by atoms with Crippen LogP contribution in [0.15, 0.2) is 0 Å². The summed E-state index contributed by atoms with van der Waals surface area (Å²) in [5.74, 6) is 1.08. The molecule has 2 atom stereocenters. The van der Waals surface area contributed by atoms with Gasteiger partial charge in [0.1, 0.15) is 0 Å². The van der Waals surface area contributed by atoms with E-state index < -0.39 is 0 Å². The van der Waals surface area contributed by atoms with Crippen LogP contribution in [0.3, 0.4) is 0 Å². The summed E-state index contributed by atoms with van der Waals surface area (Å²) in [4.78, 5) is 12.5. The fourth-order valence-electron chi connectivity index (χ4n) is 3.17. The summed E-state index contributed by atoms with van der Waals surface area (Å²) in [6.45, 7) is 6.39. The molecule has 0 spiro atoms. The monoisotopic (exact) mass is 238 g/mol. The molecule has 3 nitrogen and oxygen atoms in total. The third kappa shape index (κ3) is 2.82. The Kier molecular flexibility index (Phi) is 4.08. The van der Waals surface area contributed by atoms with Crippen LogP contribution >= 0.6 is 0 Å². The van der Waals surface area contributed by atoms with Crippen LogP contribution in [0.1, 0.15) is 52.4 Å². The van der Waals surface area contributed by atoms with Crippen LogP contribution in [0.4, 0.5) is 0 Å². The average Bonchev–Trinajstić information content (AvgIpc) is 3.09. The Morgan fingerprint density at radius 1 is 1.35 bits per heavy atom. The minimum atomic E-state index is -0.0686. The molecule has 17 heavy (non-hydrogen) atoms. The molecule has 1 heterocycles. The molecule has 3 heteroatoms. The largest absolute Gasteiger partial charge is 0.353 e. The molecule has 2 fully saturated rings. The van der Waals surface area contributed by atoms with Gasteiger partial charge in [-0.25, -0.2) is 0 Å². The highest BCUT2D eigenvalue weighted by molar-refractivity contribution is 5.83. The molecule has 2 unspecified atom stereocenters. The highest BCUT2D eigenvalue weighted by Gasteiger charge is 2.43. The van der Waals surface area contributed by atoms with E-state index in [0.717, 1.165) is 44.7 Å². The van der Waals surface area contributed by atoms with Crippen LogP contribution < -0.4 is 10.6 Å². The maximum absolute atomic E-state index is 12.5. The van der Waals surface area contributed by atoms with Crippen molar-refractivity contribution >= 4 is 5.91 Å². The lowest BCUT2D eigenvalue weighted by Gasteiger charge is -2.36. The Morgan fingerprint density at radius 2 is 2.06 bits per heavy atom. The fourth-order valence-corrected chi connectivity index (χ4v) is 3.17. The van der Waals surface area contributed by atoms with Crippen molar-refractivity contribution in [2.45, 2.75) is 58.4 Å². The van der Waals surface area contributed by atoms with Crippen LogP contribution in [-0.2, 0) is 4.79 Å². The number of nitrogens with one attached hydrogen (secondary N) is 2. The second-order valence-electron chi connectivity index (χ2n) is 5.76. The molecule has 1 amide bonds. The van der Waals surface area contributed by atoms with Gasteiger partial charge >= 0.3 is 0 Å². The highest BCUT2D eigenvalue weighted by Crippen LogP contribution is 2.38. The number of piperidine rings is 1. The molecule has 2 rings (SSSR count). The van der Waals surface area contributed by atoms with Gasteiger partial charge in [-0.3, -0.25) is 4.79 Å². The summed E-state index contributed by atoms with van der Waals surface area (Å²) in [7, 11) is 0. The number of carbonyl (C=O) groups is 1. The van der Waals surface area contributed by atoms with Crippen LogP contribution in [0.5, 0.6) is 0 Å². The van der Waals surface area contributed by atoms with E-state index in [2.05, 4.69) is 24.5 Å². The fraction of sp³-hybridized carbons (Fsp3) is 0.929. The third-order valence-electron chi connectivity index (χ3n) is 4.53. The Balaban J connectivity index is 1.93. The van der Waals surface area contributed by atoms with E-state index in [1.54, 1.807) is 0 Å². The van der Waals surface area contributed by atoms with E-state index in [0.29, 0.717) is 11.9 Å². The van der Waals surface area contributed by atoms with Crippen molar-refractivity contribution in [3.63, 3.8) is 0 Å². The van der Waals surface area contributed by atoms with Gasteiger partial charge in [-0.15, -0.1) is 0 Å². The maximum atomic E-state index is 12.5. The van der Waals surface area contributed by atoms with E-state index >= 15 is 0 Å². The second kappa shape index (κ2) is 5.38. The zero-order chi connectivity index (χ0) is 12.3. The Hall–Kier alpha value is -0.570. The average molecular weight is 238 g/mol. The molecule has 1 aliphatic carbocycles. The number of hydrogen-bond acceptors (Lipinski definition) is 2. The summed E-state index contributed by atoms with van der Waals surface area (Å²) < 4.78 is 0. The van der Waals surface area contributed by atoms with Gasteiger partial charge in [0.05, 0.1) is 5.41 Å². The van der Waals surface area contributed by atoms with Crippen molar-refractivity contribution in [2.75, 3.05) is 13.1 Å². The van der Waals surface area contributed by atoms with Crippen molar-refractivity contribution in [3.8, 4) is 0 Å². The predicted molar refractivity (Wildman–Crippen MR) is 69.8 cm³/mol. The molecule has 0 aromatic rings. The Labute approximate surface area is 105 Å². The summed E-state index contributed by atoms with van der Waals surface area (Å²) in [5, 5.41) is 6.65. The summed E-state index contributed by atoms with van der Waals surface area (Å²) in [6, 6.07) is 0.483. The lowest BCUT2D eigenvalue weighted by Crippen LogP contribution is -2.48. The van der Waals surface area contributed by atoms with Gasteiger partial charge in [0, 0.05) is 6.04 Å². The van der Waals surface area contributed by atoms with Gasteiger partial charge in [-0.1, -0.05) is 26.7 Å². The summed E-state index contributed by atoms with van der Waals surface area (Å²) in [6.07, 6.45) is 6.57. The maximum Gasteiger partial charge on any atom is 0.226 e. The van der Waals surface area contributed by atoms with Crippen LogP contribution in [-0.4, -0.2) is 25.0 Å². The first kappa shape index (κ1) is 12.9. The molecule has 0 radical (unpaired) electrons. The van der Waals surface area contributed by atoms with Crippen LogP contribution in [0.2, 0.25) is 0 Å². The normalized spacial score (nSPS) is 30.9. The zero-order valence-electron chi connectivity index (χ0n) is 11.2. The zero-order valence-corrected chi connectivity index (χ0v) is 11.2. The molecule has 2 N–H and O–H groups in total. The van der Waals surface area contributed by atoms with Crippen LogP contribution in [0.25, 0.3) is 0 Å². The van der Waals surface area contributed by atoms with Crippen molar-refractivity contribution in [1.82, 2.24) is 10.6 Å². The Morgan fingerprint density at radius 3 is 2.59 bits per heavy atom.